The molecular weight excluding hydrogens is 262 g/mol. The van der Waals surface area contributed by atoms with E-state index >= 15 is 0 Å². The molecule has 0 bridgehead atoms. The Kier molecular flexibility index (Phi) is 8.60. The van der Waals surface area contributed by atoms with Crippen molar-refractivity contribution in [2.45, 2.75) is 40.7 Å². The third-order valence-corrected chi connectivity index (χ3v) is 2.95. The van der Waals surface area contributed by atoms with E-state index < -0.39 is 0 Å². The second kappa shape index (κ2) is 10.3. The van der Waals surface area contributed by atoms with Crippen LogP contribution < -0.4 is 14.8 Å². The van der Waals surface area contributed by atoms with Crippen LogP contribution in [0.15, 0.2) is 30.4 Å². The Morgan fingerprint density at radius 2 is 2.05 bits per heavy atom. The third-order valence-electron chi connectivity index (χ3n) is 2.95. The first-order valence-electron chi connectivity index (χ1n) is 7.87. The SMILES string of the molecule is CC=CCOc1cc(OCCC)ccc1CNCC(C)C. The molecule has 0 heterocycles. The van der Waals surface area contributed by atoms with E-state index in [4.69, 9.17) is 9.47 Å². The molecule has 3 heteroatoms. The number of allylic oxidation sites excluding steroid dienone is 1. The first-order valence-corrected chi connectivity index (χ1v) is 7.87. The van der Waals surface area contributed by atoms with Crippen LogP contribution in [-0.2, 0) is 6.54 Å². The molecule has 0 atom stereocenters. The summed E-state index contributed by atoms with van der Waals surface area (Å²) in [7, 11) is 0. The predicted octanol–water partition coefficient (Wildman–Crippen LogP) is 4.18. The fourth-order valence-corrected chi connectivity index (χ4v) is 1.85. The van der Waals surface area contributed by atoms with Crippen LogP contribution in [0.4, 0.5) is 0 Å². The molecule has 0 amide bonds. The summed E-state index contributed by atoms with van der Waals surface area (Å²) in [5.41, 5.74) is 1.17. The van der Waals surface area contributed by atoms with Crippen molar-refractivity contribution < 1.29 is 9.47 Å². The van der Waals surface area contributed by atoms with Crippen LogP contribution in [0.2, 0.25) is 0 Å². The summed E-state index contributed by atoms with van der Waals surface area (Å²) >= 11 is 0. The maximum atomic E-state index is 5.85. The van der Waals surface area contributed by atoms with Crippen LogP contribution in [0.3, 0.4) is 0 Å². The molecule has 0 aliphatic rings. The van der Waals surface area contributed by atoms with E-state index in [2.05, 4.69) is 32.2 Å². The largest absolute Gasteiger partial charge is 0.493 e. The molecule has 0 fully saturated rings. The molecule has 0 saturated carbocycles. The molecule has 3 nitrogen and oxygen atoms in total. The van der Waals surface area contributed by atoms with Gasteiger partial charge in [0.2, 0.25) is 0 Å². The Balaban J connectivity index is 2.72. The standard InChI is InChI=1S/C18H29NO2/c1-5-7-11-21-18-12-17(20-10-6-2)9-8-16(18)14-19-13-15(3)4/h5,7-9,12,15,19H,6,10-11,13-14H2,1-4H3. The number of ether oxygens (including phenoxy) is 2. The summed E-state index contributed by atoms with van der Waals surface area (Å²) < 4.78 is 11.5. The van der Waals surface area contributed by atoms with Crippen molar-refractivity contribution in [2.75, 3.05) is 19.8 Å². The number of benzene rings is 1. The van der Waals surface area contributed by atoms with Gasteiger partial charge in [0.15, 0.2) is 0 Å². The number of nitrogens with one attached hydrogen (secondary N) is 1. The Labute approximate surface area is 129 Å². The minimum atomic E-state index is 0.588. The van der Waals surface area contributed by atoms with Crippen LogP contribution in [0.25, 0.3) is 0 Å². The highest BCUT2D eigenvalue weighted by Crippen LogP contribution is 2.25. The zero-order valence-corrected chi connectivity index (χ0v) is 13.8. The van der Waals surface area contributed by atoms with Crippen LogP contribution in [0.1, 0.15) is 39.7 Å². The zero-order chi connectivity index (χ0) is 15.5. The van der Waals surface area contributed by atoms with Gasteiger partial charge in [-0.05, 0) is 31.9 Å². The number of rotatable bonds is 10. The molecule has 0 radical (unpaired) electrons. The molecule has 0 aromatic heterocycles. The predicted molar refractivity (Wildman–Crippen MR) is 89.1 cm³/mol. The Bertz CT molecular complexity index is 427. The summed E-state index contributed by atoms with van der Waals surface area (Å²) in [5.74, 6) is 2.42. The van der Waals surface area contributed by atoms with Crippen LogP contribution in [-0.4, -0.2) is 19.8 Å². The van der Waals surface area contributed by atoms with Gasteiger partial charge in [-0.25, -0.2) is 0 Å². The lowest BCUT2D eigenvalue weighted by Crippen LogP contribution is -2.19. The average Bonchev–Trinajstić information content (AvgIpc) is 2.46. The lowest BCUT2D eigenvalue weighted by molar-refractivity contribution is 0.311. The first kappa shape index (κ1) is 17.6. The molecule has 0 saturated heterocycles. The fraction of sp³-hybridized carbons (Fsp3) is 0.556. The Morgan fingerprint density at radius 1 is 1.24 bits per heavy atom. The lowest BCUT2D eigenvalue weighted by Gasteiger charge is -2.14. The molecule has 1 aromatic carbocycles. The van der Waals surface area contributed by atoms with Crippen LogP contribution >= 0.6 is 0 Å². The summed E-state index contributed by atoms with van der Waals surface area (Å²) in [6.07, 6.45) is 5.01. The molecule has 1 N–H and O–H groups in total. The van der Waals surface area contributed by atoms with Crippen molar-refractivity contribution in [1.82, 2.24) is 5.32 Å². The van der Waals surface area contributed by atoms with Crippen molar-refractivity contribution in [3.63, 3.8) is 0 Å². The molecule has 0 spiro atoms. The van der Waals surface area contributed by atoms with Crippen molar-refractivity contribution in [2.24, 2.45) is 5.92 Å². The van der Waals surface area contributed by atoms with Crippen molar-refractivity contribution in [3.8, 4) is 11.5 Å². The number of hydrogen-bond acceptors (Lipinski definition) is 3. The normalized spacial score (nSPS) is 11.3. The maximum Gasteiger partial charge on any atom is 0.127 e. The van der Waals surface area contributed by atoms with Crippen molar-refractivity contribution in [3.05, 3.63) is 35.9 Å². The van der Waals surface area contributed by atoms with Gasteiger partial charge in [0, 0.05) is 18.2 Å². The van der Waals surface area contributed by atoms with Gasteiger partial charge < -0.3 is 14.8 Å². The molecule has 21 heavy (non-hydrogen) atoms. The average molecular weight is 291 g/mol. The van der Waals surface area contributed by atoms with Gasteiger partial charge in [-0.3, -0.25) is 0 Å². The fourth-order valence-electron chi connectivity index (χ4n) is 1.85. The molecule has 0 unspecified atom stereocenters. The van der Waals surface area contributed by atoms with Crippen molar-refractivity contribution >= 4 is 0 Å². The highest BCUT2D eigenvalue weighted by atomic mass is 16.5. The van der Waals surface area contributed by atoms with Gasteiger partial charge >= 0.3 is 0 Å². The van der Waals surface area contributed by atoms with Crippen LogP contribution in [0, 0.1) is 5.92 Å². The lowest BCUT2D eigenvalue weighted by atomic mass is 10.1. The van der Waals surface area contributed by atoms with Gasteiger partial charge in [0.25, 0.3) is 0 Å². The van der Waals surface area contributed by atoms with Gasteiger partial charge in [-0.2, -0.15) is 0 Å². The zero-order valence-electron chi connectivity index (χ0n) is 13.8. The minimum absolute atomic E-state index is 0.588. The highest BCUT2D eigenvalue weighted by molar-refractivity contribution is 5.41. The smallest absolute Gasteiger partial charge is 0.127 e. The second-order valence-electron chi connectivity index (χ2n) is 5.52. The number of hydrogen-bond donors (Lipinski definition) is 1. The van der Waals surface area contributed by atoms with Gasteiger partial charge in [0.1, 0.15) is 18.1 Å². The summed E-state index contributed by atoms with van der Waals surface area (Å²) in [6.45, 7) is 11.7. The quantitative estimate of drug-likeness (QED) is 0.656. The van der Waals surface area contributed by atoms with Crippen LogP contribution in [0.5, 0.6) is 11.5 Å². The monoisotopic (exact) mass is 291 g/mol. The molecule has 1 aromatic rings. The molecule has 118 valence electrons. The van der Waals surface area contributed by atoms with E-state index in [1.807, 2.05) is 31.2 Å². The van der Waals surface area contributed by atoms with Gasteiger partial charge in [-0.1, -0.05) is 39.0 Å². The third kappa shape index (κ3) is 7.19. The van der Waals surface area contributed by atoms with E-state index in [0.717, 1.165) is 37.6 Å². The molecule has 0 aliphatic heterocycles. The Hall–Kier alpha value is -1.48. The minimum Gasteiger partial charge on any atom is -0.493 e. The Morgan fingerprint density at radius 3 is 2.71 bits per heavy atom. The summed E-state index contributed by atoms with van der Waals surface area (Å²) in [5, 5.41) is 3.46. The van der Waals surface area contributed by atoms with E-state index in [-0.39, 0.29) is 0 Å². The highest BCUT2D eigenvalue weighted by Gasteiger charge is 2.06. The second-order valence-corrected chi connectivity index (χ2v) is 5.52. The molecular formula is C18H29NO2. The van der Waals surface area contributed by atoms with E-state index in [1.165, 1.54) is 5.56 Å². The molecule has 0 aliphatic carbocycles. The van der Waals surface area contributed by atoms with Crippen molar-refractivity contribution in [1.29, 1.82) is 0 Å². The topological polar surface area (TPSA) is 30.5 Å². The molecule has 1 rings (SSSR count). The van der Waals surface area contributed by atoms with E-state index in [1.54, 1.807) is 0 Å². The summed E-state index contributed by atoms with van der Waals surface area (Å²) in [4.78, 5) is 0. The maximum absolute atomic E-state index is 5.85. The van der Waals surface area contributed by atoms with Gasteiger partial charge in [-0.15, -0.1) is 0 Å². The van der Waals surface area contributed by atoms with E-state index in [9.17, 15) is 0 Å². The summed E-state index contributed by atoms with van der Waals surface area (Å²) in [6, 6.07) is 6.10. The first-order chi connectivity index (χ1) is 10.2. The van der Waals surface area contributed by atoms with Gasteiger partial charge in [0.05, 0.1) is 6.61 Å². The van der Waals surface area contributed by atoms with E-state index in [0.29, 0.717) is 12.5 Å².